The number of hydrogen-bond acceptors (Lipinski definition) is 4. The van der Waals surface area contributed by atoms with E-state index in [0.29, 0.717) is 11.8 Å². The second-order valence-electron chi connectivity index (χ2n) is 6.88. The van der Waals surface area contributed by atoms with Crippen molar-refractivity contribution in [2.24, 2.45) is 0 Å². The summed E-state index contributed by atoms with van der Waals surface area (Å²) in [5, 5.41) is 17.8. The maximum absolute atomic E-state index is 11.7. The van der Waals surface area contributed by atoms with Crippen LogP contribution in [0.2, 0.25) is 0 Å². The Bertz CT molecular complexity index is 1360. The summed E-state index contributed by atoms with van der Waals surface area (Å²) in [5.74, 6) is 0.770. The fourth-order valence-electron chi connectivity index (χ4n) is 3.45. The van der Waals surface area contributed by atoms with Gasteiger partial charge in [-0.1, -0.05) is 24.3 Å². The number of pyridine rings is 1. The van der Waals surface area contributed by atoms with Crippen LogP contribution in [0.4, 0.5) is 11.5 Å². The molecule has 138 valence electrons. The number of aryl methyl sites for hydroxylation is 1. The van der Waals surface area contributed by atoms with E-state index in [-0.39, 0.29) is 5.56 Å². The molecular formula is C21H18N6O. The molecule has 4 N–H and O–H groups in total. The molecule has 2 aromatic carbocycles. The molecule has 3 aromatic heterocycles. The summed E-state index contributed by atoms with van der Waals surface area (Å²) in [6, 6.07) is 17.8. The van der Waals surface area contributed by atoms with Crippen molar-refractivity contribution in [2.45, 2.75) is 13.3 Å². The Kier molecular flexibility index (Phi) is 3.72. The summed E-state index contributed by atoms with van der Waals surface area (Å²) in [4.78, 5) is 16.5. The van der Waals surface area contributed by atoms with Gasteiger partial charge >= 0.3 is 0 Å². The first-order chi connectivity index (χ1) is 13.7. The van der Waals surface area contributed by atoms with E-state index in [4.69, 9.17) is 4.98 Å². The smallest absolute Gasteiger partial charge is 0.271 e. The van der Waals surface area contributed by atoms with Crippen molar-refractivity contribution in [1.29, 1.82) is 0 Å². The lowest BCUT2D eigenvalue weighted by atomic mass is 10.1. The summed E-state index contributed by atoms with van der Waals surface area (Å²) in [6.07, 6.45) is 0.655. The van der Waals surface area contributed by atoms with Crippen molar-refractivity contribution in [3.8, 4) is 0 Å². The van der Waals surface area contributed by atoms with Crippen molar-refractivity contribution < 1.29 is 0 Å². The van der Waals surface area contributed by atoms with Gasteiger partial charge in [-0.3, -0.25) is 25.1 Å². The molecule has 7 nitrogen and oxygen atoms in total. The van der Waals surface area contributed by atoms with E-state index in [1.807, 2.05) is 55.5 Å². The number of aromatic nitrogens is 5. The molecule has 28 heavy (non-hydrogen) atoms. The Labute approximate surface area is 159 Å². The molecule has 0 spiro atoms. The standard InChI is InChI=1S/C21H18N6O/c1-12-8-20(26-24-12)23-18-11-14(22-17-5-3-2-4-15(17)18)9-13-6-7-16-19(10-13)25-27-21(16)28/h2-8,10-11H,9H2,1H3,(H2,25,27,28)(H2,22,23,24,26). The predicted molar refractivity (Wildman–Crippen MR) is 110 cm³/mol. The molecule has 3 heterocycles. The minimum atomic E-state index is -0.105. The second-order valence-corrected chi connectivity index (χ2v) is 6.88. The Morgan fingerprint density at radius 1 is 1.00 bits per heavy atom. The lowest BCUT2D eigenvalue weighted by Crippen LogP contribution is -1.99. The highest BCUT2D eigenvalue weighted by atomic mass is 16.1. The molecule has 0 aliphatic carbocycles. The molecule has 0 saturated heterocycles. The van der Waals surface area contributed by atoms with E-state index >= 15 is 0 Å². The normalized spacial score (nSPS) is 11.3. The number of H-pyrrole nitrogens is 3. The largest absolute Gasteiger partial charge is 0.338 e. The summed E-state index contributed by atoms with van der Waals surface area (Å²) in [6.45, 7) is 1.97. The van der Waals surface area contributed by atoms with E-state index in [1.54, 1.807) is 0 Å². The minimum absolute atomic E-state index is 0.105. The topological polar surface area (TPSA) is 102 Å². The number of para-hydroxylation sites is 1. The molecule has 0 aliphatic heterocycles. The summed E-state index contributed by atoms with van der Waals surface area (Å²) in [7, 11) is 0. The Hall–Kier alpha value is -3.87. The first-order valence-electron chi connectivity index (χ1n) is 9.03. The highest BCUT2D eigenvalue weighted by Gasteiger charge is 2.09. The van der Waals surface area contributed by atoms with E-state index in [9.17, 15) is 4.79 Å². The van der Waals surface area contributed by atoms with E-state index in [1.165, 1.54) is 0 Å². The summed E-state index contributed by atoms with van der Waals surface area (Å²) in [5.41, 5.74) is 5.58. The molecule has 0 bridgehead atoms. The van der Waals surface area contributed by atoms with Crippen LogP contribution in [0.15, 0.2) is 59.4 Å². The zero-order valence-electron chi connectivity index (χ0n) is 15.2. The number of nitrogens with zero attached hydrogens (tertiary/aromatic N) is 2. The number of fused-ring (bicyclic) bond motifs is 2. The highest BCUT2D eigenvalue weighted by Crippen LogP contribution is 2.27. The van der Waals surface area contributed by atoms with E-state index in [0.717, 1.165) is 44.9 Å². The van der Waals surface area contributed by atoms with Gasteiger partial charge in [-0.15, -0.1) is 0 Å². The van der Waals surface area contributed by atoms with Crippen LogP contribution >= 0.6 is 0 Å². The van der Waals surface area contributed by atoms with Gasteiger partial charge in [0.2, 0.25) is 0 Å². The minimum Gasteiger partial charge on any atom is -0.338 e. The monoisotopic (exact) mass is 370 g/mol. The van der Waals surface area contributed by atoms with Crippen LogP contribution in [0.25, 0.3) is 21.8 Å². The SMILES string of the molecule is Cc1cc(Nc2cc(Cc3ccc4c(=O)[nH][nH]c4c3)nc3ccccc23)n[nH]1. The lowest BCUT2D eigenvalue weighted by molar-refractivity contribution is 1.05. The highest BCUT2D eigenvalue weighted by molar-refractivity contribution is 5.93. The number of nitrogens with one attached hydrogen (secondary N) is 4. The molecule has 0 atom stereocenters. The summed E-state index contributed by atoms with van der Waals surface area (Å²) >= 11 is 0. The molecule has 5 aromatic rings. The quantitative estimate of drug-likeness (QED) is 0.387. The van der Waals surface area contributed by atoms with Gasteiger partial charge in [0.1, 0.15) is 0 Å². The van der Waals surface area contributed by atoms with Crippen LogP contribution in [0.1, 0.15) is 17.0 Å². The molecular weight excluding hydrogens is 352 g/mol. The molecule has 5 rings (SSSR count). The van der Waals surface area contributed by atoms with Crippen LogP contribution in [-0.2, 0) is 6.42 Å². The van der Waals surface area contributed by atoms with Gasteiger partial charge in [-0.2, -0.15) is 5.10 Å². The average Bonchev–Trinajstić information content (AvgIpc) is 3.27. The number of anilines is 2. The third-order valence-electron chi connectivity index (χ3n) is 4.76. The molecule has 7 heteroatoms. The number of benzene rings is 2. The van der Waals surface area contributed by atoms with Gasteiger partial charge in [0, 0.05) is 29.3 Å². The van der Waals surface area contributed by atoms with Gasteiger partial charge in [0.15, 0.2) is 5.82 Å². The molecule has 0 radical (unpaired) electrons. The van der Waals surface area contributed by atoms with Gasteiger partial charge in [0.25, 0.3) is 5.56 Å². The lowest BCUT2D eigenvalue weighted by Gasteiger charge is -2.11. The third kappa shape index (κ3) is 2.92. The number of hydrogen-bond donors (Lipinski definition) is 4. The second kappa shape index (κ2) is 6.38. The third-order valence-corrected chi connectivity index (χ3v) is 4.76. The van der Waals surface area contributed by atoms with Crippen LogP contribution < -0.4 is 10.9 Å². The van der Waals surface area contributed by atoms with Gasteiger partial charge < -0.3 is 5.32 Å². The fraction of sp³-hybridized carbons (Fsp3) is 0.0952. The first-order valence-corrected chi connectivity index (χ1v) is 9.03. The predicted octanol–water partition coefficient (Wildman–Crippen LogP) is 3.77. The zero-order chi connectivity index (χ0) is 19.1. The van der Waals surface area contributed by atoms with Crippen molar-refractivity contribution in [1.82, 2.24) is 25.4 Å². The number of aromatic amines is 3. The maximum Gasteiger partial charge on any atom is 0.271 e. The zero-order valence-corrected chi connectivity index (χ0v) is 15.2. The molecule has 0 aliphatic rings. The molecule has 0 unspecified atom stereocenters. The Balaban J connectivity index is 1.55. The fourth-order valence-corrected chi connectivity index (χ4v) is 3.45. The molecule has 0 amide bonds. The summed E-state index contributed by atoms with van der Waals surface area (Å²) < 4.78 is 0. The van der Waals surface area contributed by atoms with E-state index < -0.39 is 0 Å². The van der Waals surface area contributed by atoms with Crippen LogP contribution in [0.5, 0.6) is 0 Å². The van der Waals surface area contributed by atoms with Crippen molar-refractivity contribution in [2.75, 3.05) is 5.32 Å². The van der Waals surface area contributed by atoms with Crippen molar-refractivity contribution in [3.63, 3.8) is 0 Å². The Morgan fingerprint density at radius 2 is 1.89 bits per heavy atom. The van der Waals surface area contributed by atoms with Crippen LogP contribution in [-0.4, -0.2) is 25.4 Å². The molecule has 0 fully saturated rings. The van der Waals surface area contributed by atoms with Crippen LogP contribution in [0.3, 0.4) is 0 Å². The van der Waals surface area contributed by atoms with Crippen molar-refractivity contribution in [3.05, 3.63) is 81.9 Å². The van der Waals surface area contributed by atoms with Gasteiger partial charge in [-0.05, 0) is 36.8 Å². The number of rotatable bonds is 4. The first kappa shape index (κ1) is 16.3. The average molecular weight is 370 g/mol. The van der Waals surface area contributed by atoms with Crippen molar-refractivity contribution >= 4 is 33.3 Å². The Morgan fingerprint density at radius 3 is 2.75 bits per heavy atom. The maximum atomic E-state index is 11.7. The van der Waals surface area contributed by atoms with Crippen LogP contribution in [0, 0.1) is 6.92 Å². The van der Waals surface area contributed by atoms with E-state index in [2.05, 4.69) is 31.8 Å². The van der Waals surface area contributed by atoms with Gasteiger partial charge in [-0.25, -0.2) is 0 Å². The van der Waals surface area contributed by atoms with Gasteiger partial charge in [0.05, 0.1) is 22.1 Å². The molecule has 0 saturated carbocycles.